The van der Waals surface area contributed by atoms with Crippen LogP contribution in [0.2, 0.25) is 0 Å². The van der Waals surface area contributed by atoms with Gasteiger partial charge in [-0.05, 0) is 18.4 Å². The van der Waals surface area contributed by atoms with Gasteiger partial charge in [0.25, 0.3) is 0 Å². The summed E-state index contributed by atoms with van der Waals surface area (Å²) >= 11 is 0. The topological polar surface area (TPSA) is 28.7 Å². The van der Waals surface area contributed by atoms with Gasteiger partial charge in [0.05, 0.1) is 17.4 Å². The van der Waals surface area contributed by atoms with Gasteiger partial charge in [0, 0.05) is 5.39 Å². The fourth-order valence-electron chi connectivity index (χ4n) is 1.85. The third kappa shape index (κ3) is 0.940. The van der Waals surface area contributed by atoms with Crippen molar-refractivity contribution in [3.05, 3.63) is 42.2 Å². The van der Waals surface area contributed by atoms with Crippen molar-refractivity contribution in [1.29, 1.82) is 0 Å². The number of imidazole rings is 1. The molecule has 0 amide bonds. The van der Waals surface area contributed by atoms with Crippen molar-refractivity contribution >= 4 is 21.8 Å². The minimum atomic E-state index is 1.06. The van der Waals surface area contributed by atoms with E-state index < -0.39 is 0 Å². The van der Waals surface area contributed by atoms with E-state index in [4.69, 9.17) is 0 Å². The molecule has 68 valence electrons. The zero-order valence-corrected chi connectivity index (χ0v) is 7.91. The second kappa shape index (κ2) is 2.58. The molecular weight excluding hydrogens is 172 g/mol. The van der Waals surface area contributed by atoms with Crippen molar-refractivity contribution in [2.45, 2.75) is 6.92 Å². The third-order valence-corrected chi connectivity index (χ3v) is 2.56. The number of hydrogen-bond acceptors (Lipinski definition) is 1. The Labute approximate surface area is 81.6 Å². The monoisotopic (exact) mass is 182 g/mol. The number of fused-ring (bicyclic) bond motifs is 3. The SMILES string of the molecule is Cc1ccc2c(ccc3[nH]cnc32)c1. The quantitative estimate of drug-likeness (QED) is 0.568. The van der Waals surface area contributed by atoms with E-state index in [2.05, 4.69) is 47.2 Å². The molecule has 0 bridgehead atoms. The summed E-state index contributed by atoms with van der Waals surface area (Å²) in [6.07, 6.45) is 1.74. The van der Waals surface area contributed by atoms with E-state index >= 15 is 0 Å². The Balaban J connectivity index is 2.57. The molecule has 2 aromatic carbocycles. The van der Waals surface area contributed by atoms with Crippen molar-refractivity contribution in [3.63, 3.8) is 0 Å². The fraction of sp³-hybridized carbons (Fsp3) is 0.0833. The van der Waals surface area contributed by atoms with Crippen LogP contribution in [0.4, 0.5) is 0 Å². The number of H-pyrrole nitrogens is 1. The predicted molar refractivity (Wildman–Crippen MR) is 58.3 cm³/mol. The van der Waals surface area contributed by atoms with Crippen molar-refractivity contribution in [2.24, 2.45) is 0 Å². The lowest BCUT2D eigenvalue weighted by Crippen LogP contribution is -1.77. The first-order chi connectivity index (χ1) is 6.84. The number of nitrogens with one attached hydrogen (secondary N) is 1. The van der Waals surface area contributed by atoms with Crippen LogP contribution in [0.3, 0.4) is 0 Å². The Morgan fingerprint density at radius 1 is 1.14 bits per heavy atom. The lowest BCUT2D eigenvalue weighted by Gasteiger charge is -1.99. The molecule has 0 fully saturated rings. The Bertz CT molecular complexity index is 608. The minimum absolute atomic E-state index is 1.06. The van der Waals surface area contributed by atoms with Crippen LogP contribution in [0.5, 0.6) is 0 Å². The molecule has 0 spiro atoms. The zero-order chi connectivity index (χ0) is 9.54. The number of aromatic amines is 1. The van der Waals surface area contributed by atoms with E-state index in [0.717, 1.165) is 11.0 Å². The second-order valence-electron chi connectivity index (χ2n) is 3.59. The number of aryl methyl sites for hydroxylation is 1. The van der Waals surface area contributed by atoms with Crippen LogP contribution in [-0.2, 0) is 0 Å². The average Bonchev–Trinajstić information content (AvgIpc) is 2.65. The van der Waals surface area contributed by atoms with E-state index in [0.29, 0.717) is 0 Å². The molecule has 0 radical (unpaired) electrons. The van der Waals surface area contributed by atoms with Crippen LogP contribution in [0.25, 0.3) is 21.8 Å². The van der Waals surface area contributed by atoms with Gasteiger partial charge in [-0.1, -0.05) is 29.8 Å². The van der Waals surface area contributed by atoms with Crippen LogP contribution < -0.4 is 0 Å². The molecule has 1 aromatic heterocycles. The molecular formula is C12H10N2. The van der Waals surface area contributed by atoms with Gasteiger partial charge >= 0.3 is 0 Å². The molecule has 2 nitrogen and oxygen atoms in total. The highest BCUT2D eigenvalue weighted by molar-refractivity contribution is 6.04. The molecule has 0 saturated carbocycles. The van der Waals surface area contributed by atoms with Gasteiger partial charge in [0.1, 0.15) is 0 Å². The maximum Gasteiger partial charge on any atom is 0.0960 e. The Kier molecular flexibility index (Phi) is 1.39. The summed E-state index contributed by atoms with van der Waals surface area (Å²) in [7, 11) is 0. The van der Waals surface area contributed by atoms with Crippen molar-refractivity contribution < 1.29 is 0 Å². The molecule has 0 aliphatic heterocycles. The molecule has 3 rings (SSSR count). The molecule has 0 saturated heterocycles. The summed E-state index contributed by atoms with van der Waals surface area (Å²) < 4.78 is 0. The molecule has 2 heteroatoms. The van der Waals surface area contributed by atoms with Crippen LogP contribution in [-0.4, -0.2) is 9.97 Å². The summed E-state index contributed by atoms with van der Waals surface area (Å²) in [6, 6.07) is 10.6. The van der Waals surface area contributed by atoms with E-state index in [1.807, 2.05) is 0 Å². The van der Waals surface area contributed by atoms with Gasteiger partial charge in [-0.2, -0.15) is 0 Å². The van der Waals surface area contributed by atoms with Gasteiger partial charge in [-0.15, -0.1) is 0 Å². The first kappa shape index (κ1) is 7.56. The van der Waals surface area contributed by atoms with E-state index in [9.17, 15) is 0 Å². The number of nitrogens with zero attached hydrogens (tertiary/aromatic N) is 1. The van der Waals surface area contributed by atoms with Crippen LogP contribution in [0.1, 0.15) is 5.56 Å². The minimum Gasteiger partial charge on any atom is -0.345 e. The predicted octanol–water partition coefficient (Wildman–Crippen LogP) is 3.02. The van der Waals surface area contributed by atoms with Crippen LogP contribution >= 0.6 is 0 Å². The first-order valence-electron chi connectivity index (χ1n) is 4.67. The molecule has 3 aromatic rings. The number of hydrogen-bond donors (Lipinski definition) is 1. The molecule has 1 N–H and O–H groups in total. The van der Waals surface area contributed by atoms with Crippen molar-refractivity contribution in [1.82, 2.24) is 9.97 Å². The molecule has 0 aliphatic rings. The number of rotatable bonds is 0. The molecule has 1 heterocycles. The number of benzene rings is 2. The fourth-order valence-corrected chi connectivity index (χ4v) is 1.85. The average molecular weight is 182 g/mol. The van der Waals surface area contributed by atoms with Gasteiger partial charge in [0.15, 0.2) is 0 Å². The van der Waals surface area contributed by atoms with Gasteiger partial charge < -0.3 is 4.98 Å². The largest absolute Gasteiger partial charge is 0.345 e. The zero-order valence-electron chi connectivity index (χ0n) is 7.91. The van der Waals surface area contributed by atoms with Crippen molar-refractivity contribution in [2.75, 3.05) is 0 Å². The van der Waals surface area contributed by atoms with Gasteiger partial charge in [-0.3, -0.25) is 0 Å². The maximum atomic E-state index is 4.32. The highest BCUT2D eigenvalue weighted by atomic mass is 14.9. The van der Waals surface area contributed by atoms with Gasteiger partial charge in [0.2, 0.25) is 0 Å². The standard InChI is InChI=1S/C12H10N2/c1-8-2-4-10-9(6-8)3-5-11-12(10)14-7-13-11/h2-7H,1H3,(H,13,14). The van der Waals surface area contributed by atoms with Crippen LogP contribution in [0, 0.1) is 6.92 Å². The maximum absolute atomic E-state index is 4.32. The van der Waals surface area contributed by atoms with E-state index in [1.54, 1.807) is 6.33 Å². The summed E-state index contributed by atoms with van der Waals surface area (Å²) in [5.41, 5.74) is 3.44. The third-order valence-electron chi connectivity index (χ3n) is 2.56. The molecule has 0 atom stereocenters. The summed E-state index contributed by atoms with van der Waals surface area (Å²) in [4.78, 5) is 7.44. The van der Waals surface area contributed by atoms with E-state index in [1.165, 1.54) is 16.3 Å². The Morgan fingerprint density at radius 2 is 2.07 bits per heavy atom. The number of aromatic nitrogens is 2. The summed E-state index contributed by atoms with van der Waals surface area (Å²) in [6.45, 7) is 2.11. The molecule has 0 aliphatic carbocycles. The lowest BCUT2D eigenvalue weighted by molar-refractivity contribution is 1.35. The summed E-state index contributed by atoms with van der Waals surface area (Å²) in [5, 5.41) is 2.47. The van der Waals surface area contributed by atoms with Gasteiger partial charge in [-0.25, -0.2) is 4.98 Å². The highest BCUT2D eigenvalue weighted by Gasteiger charge is 2.01. The van der Waals surface area contributed by atoms with Crippen LogP contribution in [0.15, 0.2) is 36.7 Å². The Morgan fingerprint density at radius 3 is 3.00 bits per heavy atom. The summed E-state index contributed by atoms with van der Waals surface area (Å²) in [5.74, 6) is 0. The molecule has 0 unspecified atom stereocenters. The molecule has 14 heavy (non-hydrogen) atoms. The smallest absolute Gasteiger partial charge is 0.0960 e. The normalized spacial score (nSPS) is 11.2. The van der Waals surface area contributed by atoms with E-state index in [-0.39, 0.29) is 0 Å². The Hall–Kier alpha value is -1.83. The lowest BCUT2D eigenvalue weighted by atomic mass is 10.1. The second-order valence-corrected chi connectivity index (χ2v) is 3.59. The first-order valence-corrected chi connectivity index (χ1v) is 4.67. The van der Waals surface area contributed by atoms with Crippen molar-refractivity contribution in [3.8, 4) is 0 Å². The highest BCUT2D eigenvalue weighted by Crippen LogP contribution is 2.23.